The molecule has 0 unspecified atom stereocenters. The van der Waals surface area contributed by atoms with Gasteiger partial charge >= 0.3 is 0 Å². The molecule has 0 bridgehead atoms. The number of hydrogen-bond donors (Lipinski definition) is 1. The fourth-order valence-electron chi connectivity index (χ4n) is 4.00. The minimum atomic E-state index is 0.129. The van der Waals surface area contributed by atoms with Gasteiger partial charge < -0.3 is 10.2 Å². The van der Waals surface area contributed by atoms with Gasteiger partial charge in [-0.3, -0.25) is 4.79 Å². The Hall–Kier alpha value is -3.21. The molecule has 30 heavy (non-hydrogen) atoms. The smallest absolute Gasteiger partial charge is 0.219 e. The zero-order valence-electron chi connectivity index (χ0n) is 18.1. The maximum Gasteiger partial charge on any atom is 0.219 e. The first-order valence-corrected chi connectivity index (χ1v) is 10.5. The first kappa shape index (κ1) is 20.1. The van der Waals surface area contributed by atoms with Crippen molar-refractivity contribution >= 4 is 28.2 Å². The normalized spacial score (nSPS) is 15.1. The average Bonchev–Trinajstić information content (AvgIpc) is 2.73. The standard InChI is InChI=1S/C25H28N4O/c1-16-6-5-7-21(14-16)17(2)26-25-23-15-22(8-9-24(23)27-18(3)28-25)20-10-12-29(13-11-20)19(4)30/h5-10,14-15,17H,11-13H2,1-4H3,(H,26,27,28)/t17-/m0/s1. The van der Waals surface area contributed by atoms with E-state index in [2.05, 4.69) is 72.7 Å². The zero-order chi connectivity index (χ0) is 21.3. The van der Waals surface area contributed by atoms with E-state index in [0.717, 1.165) is 35.5 Å². The lowest BCUT2D eigenvalue weighted by atomic mass is 9.97. The van der Waals surface area contributed by atoms with Crippen LogP contribution in [0.15, 0.2) is 48.5 Å². The van der Waals surface area contributed by atoms with Gasteiger partial charge in [0, 0.05) is 31.4 Å². The molecule has 2 heterocycles. The molecule has 0 radical (unpaired) electrons. The molecule has 1 aromatic heterocycles. The van der Waals surface area contributed by atoms with Gasteiger partial charge in [0.25, 0.3) is 0 Å². The van der Waals surface area contributed by atoms with E-state index in [0.29, 0.717) is 6.54 Å². The molecule has 5 nitrogen and oxygen atoms in total. The summed E-state index contributed by atoms with van der Waals surface area (Å²) in [6, 6.07) is 15.0. The molecule has 1 amide bonds. The molecule has 0 spiro atoms. The van der Waals surface area contributed by atoms with E-state index in [1.807, 2.05) is 11.8 Å². The van der Waals surface area contributed by atoms with Crippen LogP contribution in [0.2, 0.25) is 0 Å². The lowest BCUT2D eigenvalue weighted by molar-refractivity contribution is -0.128. The zero-order valence-corrected chi connectivity index (χ0v) is 18.1. The Balaban J connectivity index is 1.68. The van der Waals surface area contributed by atoms with E-state index >= 15 is 0 Å². The number of amides is 1. The number of rotatable bonds is 4. The van der Waals surface area contributed by atoms with Crippen molar-refractivity contribution in [2.45, 2.75) is 40.2 Å². The van der Waals surface area contributed by atoms with Crippen LogP contribution in [-0.2, 0) is 4.79 Å². The third-order valence-corrected chi connectivity index (χ3v) is 5.73. The molecule has 0 aliphatic carbocycles. The molecule has 0 saturated carbocycles. The monoisotopic (exact) mass is 400 g/mol. The van der Waals surface area contributed by atoms with Gasteiger partial charge in [-0.1, -0.05) is 42.0 Å². The number of carbonyl (C=O) groups excluding carboxylic acids is 1. The van der Waals surface area contributed by atoms with E-state index in [-0.39, 0.29) is 11.9 Å². The molecule has 1 N–H and O–H groups in total. The molecule has 3 aromatic rings. The van der Waals surface area contributed by atoms with Crippen molar-refractivity contribution in [3.05, 3.63) is 71.1 Å². The van der Waals surface area contributed by atoms with Crippen LogP contribution >= 0.6 is 0 Å². The second-order valence-electron chi connectivity index (χ2n) is 8.08. The van der Waals surface area contributed by atoms with E-state index in [1.165, 1.54) is 22.3 Å². The van der Waals surface area contributed by atoms with E-state index in [9.17, 15) is 4.79 Å². The minimum absolute atomic E-state index is 0.129. The molecule has 1 aliphatic rings. The van der Waals surface area contributed by atoms with Crippen LogP contribution < -0.4 is 5.32 Å². The minimum Gasteiger partial charge on any atom is -0.363 e. The first-order valence-electron chi connectivity index (χ1n) is 10.5. The molecule has 1 aliphatic heterocycles. The van der Waals surface area contributed by atoms with Crippen LogP contribution in [0.5, 0.6) is 0 Å². The Bertz CT molecular complexity index is 1140. The van der Waals surface area contributed by atoms with E-state index in [1.54, 1.807) is 6.92 Å². The summed E-state index contributed by atoms with van der Waals surface area (Å²) in [5.74, 6) is 1.74. The second-order valence-corrected chi connectivity index (χ2v) is 8.08. The van der Waals surface area contributed by atoms with Crippen LogP contribution in [0, 0.1) is 13.8 Å². The second kappa shape index (κ2) is 8.27. The van der Waals surface area contributed by atoms with Gasteiger partial charge in [-0.05, 0) is 56.0 Å². The molecule has 0 fully saturated rings. The van der Waals surface area contributed by atoms with Gasteiger partial charge in [0.15, 0.2) is 0 Å². The quantitative estimate of drug-likeness (QED) is 0.665. The summed E-state index contributed by atoms with van der Waals surface area (Å²) in [7, 11) is 0. The van der Waals surface area contributed by atoms with Crippen LogP contribution in [-0.4, -0.2) is 33.9 Å². The SMILES string of the molecule is CC(=O)N1CC=C(c2ccc3nc(C)nc(N[C@@H](C)c4cccc(C)c4)c3c2)CC1. The van der Waals surface area contributed by atoms with Crippen LogP contribution in [0.1, 0.15) is 48.8 Å². The Morgan fingerprint density at radius 3 is 2.67 bits per heavy atom. The molecule has 154 valence electrons. The first-order chi connectivity index (χ1) is 14.4. The number of fused-ring (bicyclic) bond motifs is 1. The summed E-state index contributed by atoms with van der Waals surface area (Å²) in [4.78, 5) is 22.8. The summed E-state index contributed by atoms with van der Waals surface area (Å²) in [6.07, 6.45) is 3.02. The number of nitrogens with zero attached hydrogens (tertiary/aromatic N) is 3. The lowest BCUT2D eigenvalue weighted by Gasteiger charge is -2.25. The molecule has 0 saturated heterocycles. The maximum atomic E-state index is 11.6. The number of anilines is 1. The number of aryl methyl sites for hydroxylation is 2. The van der Waals surface area contributed by atoms with Crippen LogP contribution in [0.3, 0.4) is 0 Å². The average molecular weight is 401 g/mol. The fourth-order valence-corrected chi connectivity index (χ4v) is 4.00. The third-order valence-electron chi connectivity index (χ3n) is 5.73. The summed E-state index contributed by atoms with van der Waals surface area (Å²) in [6.45, 7) is 9.25. The topological polar surface area (TPSA) is 58.1 Å². The van der Waals surface area contributed by atoms with Crippen molar-refractivity contribution in [3.8, 4) is 0 Å². The van der Waals surface area contributed by atoms with Crippen molar-refractivity contribution in [2.75, 3.05) is 18.4 Å². The highest BCUT2D eigenvalue weighted by atomic mass is 16.2. The number of hydrogen-bond acceptors (Lipinski definition) is 4. The van der Waals surface area contributed by atoms with Gasteiger partial charge in [-0.2, -0.15) is 0 Å². The lowest BCUT2D eigenvalue weighted by Crippen LogP contribution is -2.32. The van der Waals surface area contributed by atoms with Gasteiger partial charge in [-0.15, -0.1) is 0 Å². The predicted molar refractivity (Wildman–Crippen MR) is 122 cm³/mol. The highest BCUT2D eigenvalue weighted by Gasteiger charge is 2.17. The number of aromatic nitrogens is 2. The molecule has 2 aromatic carbocycles. The largest absolute Gasteiger partial charge is 0.363 e. The van der Waals surface area contributed by atoms with Crippen molar-refractivity contribution in [1.29, 1.82) is 0 Å². The van der Waals surface area contributed by atoms with Gasteiger partial charge in [0.2, 0.25) is 5.91 Å². The molecule has 1 atom stereocenters. The summed E-state index contributed by atoms with van der Waals surface area (Å²) in [5, 5.41) is 4.62. The van der Waals surface area contributed by atoms with Gasteiger partial charge in [0.05, 0.1) is 5.52 Å². The predicted octanol–water partition coefficient (Wildman–Crippen LogP) is 5.06. The van der Waals surface area contributed by atoms with E-state index < -0.39 is 0 Å². The molecule has 5 heteroatoms. The maximum absolute atomic E-state index is 11.6. The van der Waals surface area contributed by atoms with Crippen molar-refractivity contribution in [1.82, 2.24) is 14.9 Å². The third kappa shape index (κ3) is 4.20. The molecule has 4 rings (SSSR count). The summed E-state index contributed by atoms with van der Waals surface area (Å²) < 4.78 is 0. The van der Waals surface area contributed by atoms with Crippen molar-refractivity contribution < 1.29 is 4.79 Å². The highest BCUT2D eigenvalue weighted by Crippen LogP contribution is 2.30. The summed E-state index contributed by atoms with van der Waals surface area (Å²) >= 11 is 0. The van der Waals surface area contributed by atoms with E-state index in [4.69, 9.17) is 4.98 Å². The Kier molecular flexibility index (Phi) is 5.53. The Morgan fingerprint density at radius 1 is 1.13 bits per heavy atom. The van der Waals surface area contributed by atoms with Crippen molar-refractivity contribution in [2.24, 2.45) is 0 Å². The van der Waals surface area contributed by atoms with Gasteiger partial charge in [-0.25, -0.2) is 9.97 Å². The Morgan fingerprint density at radius 2 is 1.97 bits per heavy atom. The Labute approximate surface area is 177 Å². The van der Waals surface area contributed by atoms with Crippen LogP contribution in [0.4, 0.5) is 5.82 Å². The molecular formula is C25H28N4O. The van der Waals surface area contributed by atoms with Crippen molar-refractivity contribution in [3.63, 3.8) is 0 Å². The number of carbonyl (C=O) groups is 1. The number of nitrogens with one attached hydrogen (secondary N) is 1. The highest BCUT2D eigenvalue weighted by molar-refractivity contribution is 5.92. The molecular weight excluding hydrogens is 372 g/mol. The number of benzene rings is 2. The van der Waals surface area contributed by atoms with Gasteiger partial charge in [0.1, 0.15) is 11.6 Å². The summed E-state index contributed by atoms with van der Waals surface area (Å²) in [5.41, 5.74) is 5.86. The fraction of sp³-hybridized carbons (Fsp3) is 0.320. The van der Waals surface area contributed by atoms with Crippen LogP contribution in [0.25, 0.3) is 16.5 Å².